The molecule has 0 spiro atoms. The molecule has 0 aliphatic rings. The van der Waals surface area contributed by atoms with E-state index in [0.29, 0.717) is 5.69 Å². The highest BCUT2D eigenvalue weighted by molar-refractivity contribution is 5.27. The first-order chi connectivity index (χ1) is 7.12. The van der Waals surface area contributed by atoms with Gasteiger partial charge in [-0.2, -0.15) is 0 Å². The summed E-state index contributed by atoms with van der Waals surface area (Å²) < 4.78 is 1.55. The SMILES string of the molecule is Cn1nncc1C(C)(O)c1cccnc1. The predicted molar refractivity (Wildman–Crippen MR) is 53.9 cm³/mol. The molecule has 2 rings (SSSR count). The molecule has 1 atom stereocenters. The minimum absolute atomic E-state index is 0.635. The lowest BCUT2D eigenvalue weighted by molar-refractivity contribution is 0.0925. The first kappa shape index (κ1) is 9.79. The molecule has 0 radical (unpaired) electrons. The molecule has 2 aromatic rings. The summed E-state index contributed by atoms with van der Waals surface area (Å²) in [5.41, 5.74) is 0.234. The minimum atomic E-state index is -1.12. The second-order valence-electron chi connectivity index (χ2n) is 3.56. The highest BCUT2D eigenvalue weighted by atomic mass is 16.3. The predicted octanol–water partition coefficient (Wildman–Crippen LogP) is 0.466. The first-order valence-electron chi connectivity index (χ1n) is 4.60. The second-order valence-corrected chi connectivity index (χ2v) is 3.56. The standard InChI is InChI=1S/C10H12N4O/c1-10(15,8-4-3-5-11-6-8)9-7-12-13-14(9)2/h3-7,15H,1-2H3. The molecule has 0 aliphatic heterocycles. The monoisotopic (exact) mass is 204 g/mol. The van der Waals surface area contributed by atoms with Crippen molar-refractivity contribution in [3.63, 3.8) is 0 Å². The molecule has 0 saturated heterocycles. The van der Waals surface area contributed by atoms with Crippen molar-refractivity contribution in [1.82, 2.24) is 20.0 Å². The molecule has 0 aromatic carbocycles. The van der Waals surface area contributed by atoms with Gasteiger partial charge in [-0.1, -0.05) is 11.3 Å². The summed E-state index contributed by atoms with van der Waals surface area (Å²) in [6, 6.07) is 3.60. The summed E-state index contributed by atoms with van der Waals surface area (Å²) >= 11 is 0. The van der Waals surface area contributed by atoms with Gasteiger partial charge < -0.3 is 5.11 Å². The van der Waals surface area contributed by atoms with Gasteiger partial charge in [0.15, 0.2) is 0 Å². The van der Waals surface area contributed by atoms with E-state index in [2.05, 4.69) is 15.3 Å². The Morgan fingerprint density at radius 3 is 2.73 bits per heavy atom. The molecule has 1 unspecified atom stereocenters. The number of aromatic nitrogens is 4. The maximum Gasteiger partial charge on any atom is 0.131 e. The molecule has 2 heterocycles. The van der Waals surface area contributed by atoms with Crippen LogP contribution < -0.4 is 0 Å². The highest BCUT2D eigenvalue weighted by Gasteiger charge is 2.29. The second kappa shape index (κ2) is 3.43. The van der Waals surface area contributed by atoms with Gasteiger partial charge in [0.2, 0.25) is 0 Å². The van der Waals surface area contributed by atoms with Crippen molar-refractivity contribution < 1.29 is 5.11 Å². The quantitative estimate of drug-likeness (QED) is 0.772. The molecule has 0 fully saturated rings. The Morgan fingerprint density at radius 2 is 2.20 bits per heavy atom. The molecule has 5 nitrogen and oxygen atoms in total. The van der Waals surface area contributed by atoms with E-state index in [9.17, 15) is 5.11 Å². The van der Waals surface area contributed by atoms with Crippen LogP contribution in [0.3, 0.4) is 0 Å². The largest absolute Gasteiger partial charge is 0.379 e. The first-order valence-corrected chi connectivity index (χ1v) is 4.60. The van der Waals surface area contributed by atoms with Crippen molar-refractivity contribution in [2.45, 2.75) is 12.5 Å². The van der Waals surface area contributed by atoms with Crippen molar-refractivity contribution in [3.8, 4) is 0 Å². The third kappa shape index (κ3) is 1.61. The Morgan fingerprint density at radius 1 is 1.40 bits per heavy atom. The summed E-state index contributed by atoms with van der Waals surface area (Å²) in [5, 5.41) is 17.9. The van der Waals surface area contributed by atoms with Crippen molar-refractivity contribution in [2.24, 2.45) is 7.05 Å². The zero-order chi connectivity index (χ0) is 10.9. The van der Waals surface area contributed by atoms with Gasteiger partial charge >= 0.3 is 0 Å². The molecule has 15 heavy (non-hydrogen) atoms. The summed E-state index contributed by atoms with van der Waals surface area (Å²) in [6.07, 6.45) is 4.85. The number of pyridine rings is 1. The van der Waals surface area contributed by atoms with Gasteiger partial charge in [0.1, 0.15) is 5.60 Å². The number of hydrogen-bond donors (Lipinski definition) is 1. The van der Waals surface area contributed by atoms with Gasteiger partial charge in [0.25, 0.3) is 0 Å². The Kier molecular flexibility index (Phi) is 2.24. The van der Waals surface area contributed by atoms with Gasteiger partial charge in [-0.3, -0.25) is 4.98 Å². The van der Waals surface area contributed by atoms with E-state index in [1.807, 2.05) is 6.07 Å². The summed E-state index contributed by atoms with van der Waals surface area (Å²) in [5.74, 6) is 0. The van der Waals surface area contributed by atoms with E-state index in [-0.39, 0.29) is 0 Å². The van der Waals surface area contributed by atoms with Crippen LogP contribution in [0.2, 0.25) is 0 Å². The molecule has 0 amide bonds. The van der Waals surface area contributed by atoms with Crippen LogP contribution in [0.1, 0.15) is 18.2 Å². The molecule has 0 saturated carbocycles. The summed E-state index contributed by atoms with van der Waals surface area (Å²) in [6.45, 7) is 1.70. The van der Waals surface area contributed by atoms with Gasteiger partial charge in [0, 0.05) is 25.0 Å². The summed E-state index contributed by atoms with van der Waals surface area (Å²) in [4.78, 5) is 3.98. The molecular weight excluding hydrogens is 192 g/mol. The summed E-state index contributed by atoms with van der Waals surface area (Å²) in [7, 11) is 1.74. The van der Waals surface area contributed by atoms with E-state index in [4.69, 9.17) is 0 Å². The van der Waals surface area contributed by atoms with E-state index >= 15 is 0 Å². The molecule has 2 aromatic heterocycles. The van der Waals surface area contributed by atoms with Crippen LogP contribution in [0, 0.1) is 0 Å². The lowest BCUT2D eigenvalue weighted by atomic mass is 9.94. The highest BCUT2D eigenvalue weighted by Crippen LogP contribution is 2.26. The number of rotatable bonds is 2. The van der Waals surface area contributed by atoms with Crippen molar-refractivity contribution in [1.29, 1.82) is 0 Å². The van der Waals surface area contributed by atoms with Crippen molar-refractivity contribution >= 4 is 0 Å². The van der Waals surface area contributed by atoms with Gasteiger partial charge in [-0.25, -0.2) is 4.68 Å². The Labute approximate surface area is 87.4 Å². The zero-order valence-corrected chi connectivity index (χ0v) is 8.62. The van der Waals surface area contributed by atoms with Crippen LogP contribution in [0.25, 0.3) is 0 Å². The number of aliphatic hydroxyl groups is 1. The van der Waals surface area contributed by atoms with Gasteiger partial charge in [-0.05, 0) is 13.0 Å². The van der Waals surface area contributed by atoms with E-state index < -0.39 is 5.60 Å². The lowest BCUT2D eigenvalue weighted by Gasteiger charge is -2.22. The van der Waals surface area contributed by atoms with E-state index in [0.717, 1.165) is 5.56 Å². The maximum absolute atomic E-state index is 10.4. The molecule has 0 aliphatic carbocycles. The lowest BCUT2D eigenvalue weighted by Crippen LogP contribution is -2.26. The number of aryl methyl sites for hydroxylation is 1. The number of nitrogens with zero attached hydrogens (tertiary/aromatic N) is 4. The molecule has 78 valence electrons. The fourth-order valence-electron chi connectivity index (χ4n) is 1.53. The van der Waals surface area contributed by atoms with Gasteiger partial charge in [-0.15, -0.1) is 5.10 Å². The normalized spacial score (nSPS) is 14.9. The van der Waals surface area contributed by atoms with E-state index in [1.54, 1.807) is 43.3 Å². The molecule has 1 N–H and O–H groups in total. The average Bonchev–Trinajstić information content (AvgIpc) is 2.66. The van der Waals surface area contributed by atoms with E-state index in [1.165, 1.54) is 0 Å². The van der Waals surface area contributed by atoms with Crippen molar-refractivity contribution in [3.05, 3.63) is 42.0 Å². The van der Waals surface area contributed by atoms with Crippen LogP contribution >= 0.6 is 0 Å². The zero-order valence-electron chi connectivity index (χ0n) is 8.62. The Hall–Kier alpha value is -1.75. The van der Waals surface area contributed by atoms with Crippen LogP contribution in [0.5, 0.6) is 0 Å². The van der Waals surface area contributed by atoms with Crippen LogP contribution in [-0.2, 0) is 12.6 Å². The smallest absolute Gasteiger partial charge is 0.131 e. The topological polar surface area (TPSA) is 63.8 Å². The van der Waals surface area contributed by atoms with Gasteiger partial charge in [0.05, 0.1) is 11.9 Å². The van der Waals surface area contributed by atoms with Crippen LogP contribution in [0.15, 0.2) is 30.7 Å². The van der Waals surface area contributed by atoms with Crippen LogP contribution in [0.4, 0.5) is 0 Å². The number of hydrogen-bond acceptors (Lipinski definition) is 4. The average molecular weight is 204 g/mol. The molecular formula is C10H12N4O. The maximum atomic E-state index is 10.4. The molecule has 5 heteroatoms. The fourth-order valence-corrected chi connectivity index (χ4v) is 1.53. The minimum Gasteiger partial charge on any atom is -0.379 e. The molecule has 0 bridgehead atoms. The third-order valence-electron chi connectivity index (χ3n) is 2.44. The van der Waals surface area contributed by atoms with Crippen LogP contribution in [-0.4, -0.2) is 25.1 Å². The Balaban J connectivity index is 2.48. The Bertz CT molecular complexity index is 449. The fraction of sp³-hybridized carbons (Fsp3) is 0.300. The van der Waals surface area contributed by atoms with Crippen molar-refractivity contribution in [2.75, 3.05) is 0 Å². The third-order valence-corrected chi connectivity index (χ3v) is 2.44.